The van der Waals surface area contributed by atoms with E-state index in [1.165, 1.54) is 6.20 Å². The first kappa shape index (κ1) is 18.9. The third-order valence-electron chi connectivity index (χ3n) is 3.93. The van der Waals surface area contributed by atoms with E-state index >= 15 is 0 Å². The second-order valence-electron chi connectivity index (χ2n) is 7.64. The molecule has 134 valence electrons. The van der Waals surface area contributed by atoms with Crippen LogP contribution < -0.4 is 5.32 Å². The summed E-state index contributed by atoms with van der Waals surface area (Å²) in [5.41, 5.74) is 1.09. The molecule has 1 aromatic rings. The van der Waals surface area contributed by atoms with E-state index in [2.05, 4.69) is 5.32 Å². The largest absolute Gasteiger partial charge is 0.462 e. The first-order chi connectivity index (χ1) is 11.7. The SMILES string of the molecule is CC(C)COC(=O)c1ccc(NC=C2C(=O)CC(C)(C)CC2=O)cc1. The Bertz CT molecular complexity index is 677. The molecule has 0 spiro atoms. The fourth-order valence-electron chi connectivity index (χ4n) is 2.62. The summed E-state index contributed by atoms with van der Waals surface area (Å²) < 4.78 is 5.17. The van der Waals surface area contributed by atoms with Gasteiger partial charge in [-0.2, -0.15) is 0 Å². The fourth-order valence-corrected chi connectivity index (χ4v) is 2.62. The molecular weight excluding hydrogens is 318 g/mol. The second-order valence-corrected chi connectivity index (χ2v) is 7.64. The van der Waals surface area contributed by atoms with Crippen molar-refractivity contribution in [3.05, 3.63) is 41.6 Å². The second kappa shape index (κ2) is 7.64. The highest BCUT2D eigenvalue weighted by Gasteiger charge is 2.35. The predicted molar refractivity (Wildman–Crippen MR) is 96.3 cm³/mol. The maximum absolute atomic E-state index is 12.1. The lowest BCUT2D eigenvalue weighted by molar-refractivity contribution is -0.127. The van der Waals surface area contributed by atoms with Crippen LogP contribution in [0.5, 0.6) is 0 Å². The monoisotopic (exact) mass is 343 g/mol. The number of nitrogens with one attached hydrogen (secondary N) is 1. The van der Waals surface area contributed by atoms with Crippen LogP contribution in [0.25, 0.3) is 0 Å². The van der Waals surface area contributed by atoms with Gasteiger partial charge in [-0.1, -0.05) is 27.7 Å². The number of anilines is 1. The highest BCUT2D eigenvalue weighted by atomic mass is 16.5. The molecule has 1 aliphatic carbocycles. The molecule has 0 radical (unpaired) electrons. The van der Waals surface area contributed by atoms with Crippen molar-refractivity contribution < 1.29 is 19.1 Å². The smallest absolute Gasteiger partial charge is 0.338 e. The average Bonchev–Trinajstić information content (AvgIpc) is 2.51. The molecule has 0 aromatic heterocycles. The van der Waals surface area contributed by atoms with Crippen LogP contribution in [0.1, 0.15) is 50.9 Å². The van der Waals surface area contributed by atoms with E-state index in [0.717, 1.165) is 0 Å². The minimum Gasteiger partial charge on any atom is -0.462 e. The zero-order valence-electron chi connectivity index (χ0n) is 15.2. The van der Waals surface area contributed by atoms with Crippen LogP contribution in [0.15, 0.2) is 36.0 Å². The Labute approximate surface area is 148 Å². The number of benzene rings is 1. The molecule has 5 heteroatoms. The Kier molecular flexibility index (Phi) is 5.77. The lowest BCUT2D eigenvalue weighted by Gasteiger charge is -2.28. The molecule has 1 aromatic carbocycles. The first-order valence-corrected chi connectivity index (χ1v) is 8.48. The summed E-state index contributed by atoms with van der Waals surface area (Å²) in [6, 6.07) is 6.73. The Morgan fingerprint density at radius 2 is 1.72 bits per heavy atom. The van der Waals surface area contributed by atoms with Crippen LogP contribution in [0.4, 0.5) is 5.69 Å². The van der Waals surface area contributed by atoms with Crippen molar-refractivity contribution in [2.24, 2.45) is 11.3 Å². The third kappa shape index (κ3) is 5.28. The number of carbonyl (C=O) groups excluding carboxylic acids is 3. The van der Waals surface area contributed by atoms with Gasteiger partial charge in [0.05, 0.1) is 17.7 Å². The highest BCUT2D eigenvalue weighted by Crippen LogP contribution is 2.33. The molecule has 0 heterocycles. The van der Waals surface area contributed by atoms with Gasteiger partial charge in [-0.25, -0.2) is 4.79 Å². The highest BCUT2D eigenvalue weighted by molar-refractivity contribution is 6.22. The number of allylic oxidation sites excluding steroid dienone is 1. The number of esters is 1. The Balaban J connectivity index is 2.01. The van der Waals surface area contributed by atoms with E-state index in [4.69, 9.17) is 4.74 Å². The van der Waals surface area contributed by atoms with Crippen molar-refractivity contribution >= 4 is 23.2 Å². The number of Topliss-reactive ketones (excluding diaryl/α,β-unsaturated/α-hetero) is 2. The molecule has 0 saturated heterocycles. The van der Waals surface area contributed by atoms with Gasteiger partial charge in [0, 0.05) is 24.7 Å². The van der Waals surface area contributed by atoms with Gasteiger partial charge >= 0.3 is 5.97 Å². The zero-order chi connectivity index (χ0) is 18.6. The number of carbonyl (C=O) groups is 3. The summed E-state index contributed by atoms with van der Waals surface area (Å²) in [6.45, 7) is 8.17. The van der Waals surface area contributed by atoms with Gasteiger partial charge < -0.3 is 10.1 Å². The molecule has 1 aliphatic rings. The maximum atomic E-state index is 12.1. The van der Waals surface area contributed by atoms with E-state index < -0.39 is 0 Å². The topological polar surface area (TPSA) is 72.5 Å². The summed E-state index contributed by atoms with van der Waals surface area (Å²) in [4.78, 5) is 36.1. The standard InChI is InChI=1S/C20H25NO4/c1-13(2)12-25-19(24)14-5-7-15(8-6-14)21-11-16-17(22)9-20(3,4)10-18(16)23/h5-8,11,13,21H,9-10,12H2,1-4H3. The van der Waals surface area contributed by atoms with Gasteiger partial charge in [0.2, 0.25) is 0 Å². The van der Waals surface area contributed by atoms with Crippen molar-refractivity contribution in [1.29, 1.82) is 0 Å². The van der Waals surface area contributed by atoms with Gasteiger partial charge in [-0.3, -0.25) is 9.59 Å². The Morgan fingerprint density at radius 1 is 1.16 bits per heavy atom. The van der Waals surface area contributed by atoms with Crippen molar-refractivity contribution in [2.75, 3.05) is 11.9 Å². The quantitative estimate of drug-likeness (QED) is 0.501. The van der Waals surface area contributed by atoms with Crippen LogP contribution in [0.3, 0.4) is 0 Å². The number of ether oxygens (including phenoxy) is 1. The van der Waals surface area contributed by atoms with Crippen molar-refractivity contribution in [3.8, 4) is 0 Å². The van der Waals surface area contributed by atoms with E-state index in [0.29, 0.717) is 30.7 Å². The van der Waals surface area contributed by atoms with Crippen LogP contribution in [-0.4, -0.2) is 24.1 Å². The van der Waals surface area contributed by atoms with Crippen LogP contribution in [-0.2, 0) is 14.3 Å². The summed E-state index contributed by atoms with van der Waals surface area (Å²) >= 11 is 0. The van der Waals surface area contributed by atoms with E-state index in [-0.39, 0.29) is 34.4 Å². The lowest BCUT2D eigenvalue weighted by Crippen LogP contribution is -2.31. The lowest BCUT2D eigenvalue weighted by atomic mass is 9.74. The van der Waals surface area contributed by atoms with Crippen LogP contribution in [0.2, 0.25) is 0 Å². The van der Waals surface area contributed by atoms with E-state index in [1.807, 2.05) is 27.7 Å². The number of hydrogen-bond donors (Lipinski definition) is 1. The summed E-state index contributed by atoms with van der Waals surface area (Å²) in [6.07, 6.45) is 2.20. The first-order valence-electron chi connectivity index (χ1n) is 8.48. The summed E-state index contributed by atoms with van der Waals surface area (Å²) in [7, 11) is 0. The minimum atomic E-state index is -0.363. The number of rotatable bonds is 5. The molecule has 2 rings (SSSR count). The molecule has 25 heavy (non-hydrogen) atoms. The number of ketones is 2. The molecule has 0 unspecified atom stereocenters. The minimum absolute atomic E-state index is 0.136. The Morgan fingerprint density at radius 3 is 2.24 bits per heavy atom. The molecule has 1 N–H and O–H groups in total. The zero-order valence-corrected chi connectivity index (χ0v) is 15.2. The predicted octanol–water partition coefficient (Wildman–Crippen LogP) is 3.75. The molecule has 5 nitrogen and oxygen atoms in total. The summed E-state index contributed by atoms with van der Waals surface area (Å²) in [5.74, 6) is -0.351. The number of hydrogen-bond acceptors (Lipinski definition) is 5. The fraction of sp³-hybridized carbons (Fsp3) is 0.450. The Hall–Kier alpha value is -2.43. The van der Waals surface area contributed by atoms with E-state index in [1.54, 1.807) is 24.3 Å². The third-order valence-corrected chi connectivity index (χ3v) is 3.93. The molecule has 0 amide bonds. The van der Waals surface area contributed by atoms with Gasteiger partial charge in [0.15, 0.2) is 11.6 Å². The molecule has 0 aliphatic heterocycles. The van der Waals surface area contributed by atoms with Gasteiger partial charge in [0.25, 0.3) is 0 Å². The maximum Gasteiger partial charge on any atom is 0.338 e. The van der Waals surface area contributed by atoms with Crippen LogP contribution in [0, 0.1) is 11.3 Å². The van der Waals surface area contributed by atoms with Gasteiger partial charge in [-0.15, -0.1) is 0 Å². The average molecular weight is 343 g/mol. The molecule has 1 saturated carbocycles. The van der Waals surface area contributed by atoms with Crippen molar-refractivity contribution in [1.82, 2.24) is 0 Å². The van der Waals surface area contributed by atoms with Gasteiger partial charge in [-0.05, 0) is 35.6 Å². The molecule has 0 bridgehead atoms. The molecule has 0 atom stereocenters. The molecule has 1 fully saturated rings. The van der Waals surface area contributed by atoms with Crippen LogP contribution >= 0.6 is 0 Å². The summed E-state index contributed by atoms with van der Waals surface area (Å²) in [5, 5.41) is 2.96. The normalized spacial score (nSPS) is 16.8. The van der Waals surface area contributed by atoms with Crippen molar-refractivity contribution in [3.63, 3.8) is 0 Å². The molecular formula is C20H25NO4. The van der Waals surface area contributed by atoms with Gasteiger partial charge in [0.1, 0.15) is 0 Å². The van der Waals surface area contributed by atoms with Crippen molar-refractivity contribution in [2.45, 2.75) is 40.5 Å². The van der Waals surface area contributed by atoms with E-state index in [9.17, 15) is 14.4 Å².